The number of guanidine groups is 15. The molecule has 0 heterocycles. The van der Waals surface area contributed by atoms with Crippen LogP contribution in [0.15, 0.2) is 274 Å². The molecule has 39 nitrogen and oxygen atoms in total. The Hall–Kier alpha value is -13.8. The first-order valence-corrected chi connectivity index (χ1v) is 44.3. The van der Waals surface area contributed by atoms with Crippen LogP contribution in [0, 0.1) is 5.92 Å². The standard InChI is InChI=1S/C14H21ClN4.2C12H18ClN5.2C11H16ClN5.2C10H14ClN5.C9H12ClN5/c1-10(2)8-13(16)19-14(17)18-7-6-11-4-3-5-12(15)9-11;1-8(2)17-12(15)18-11(14)16-7-9-4-3-5-10(13)6-9;1-18(2)12(15)17-11(14)16-7-6-9-4-3-5-10(13)8-9;1-17(2)11(14)16-10(13)15-7-8-4-3-5-9(12)6-8;1-7(2)15-10(13)17-11(14)16-9-5-3-4-8(12)6-9;1-16(2)10(13)15-9(12)14-8-5-3-4-7(11)6-8;11-8-3-1-2-7(6-8)4-5-15-10(14)16-9(12)13;10-7-3-1-2-6(4-7)5-14-9(13)15-8(11)12/h3-5,9-10H,6-8H2,1-2H3,(H4,16,17,18,19);3-6,8H,7H2,1-2H3,(H5,14,15,16,17,18);3-5,8H,6-7H2,1-2H3,(H4,14,15,16,17);3-6H,7H2,1-2H3,(H4,13,14,15,16);3-7H,1-2H3,(H5,13,14,15,16,17);3-6H,1-2H3,(H4,12,13,14,15);1-3,6H,4-5H2,(H6,12,13,14,15,16);1-4H,5H2,(H6,11,12,13,14,15). The summed E-state index contributed by atoms with van der Waals surface area (Å²) < 4.78 is 0. The SMILES string of the molecule is CC(C)CC(N)=NC(N)=NCCc1cccc(Cl)c1.CC(C)N=C(N)N=C(N)Nc1cccc(Cl)c1.CC(C)N=C(N)NC(N)=NCc1cccc(Cl)c1.CN(C)C(N)=NC(N)=NCCc1cccc(Cl)c1.CN(C)C(N)=NC(N)=NCc1cccc(Cl)c1.CN(C)C(N)=NC(N)=Nc1cccc(Cl)c1.NC(N)=NC(N)=NCCc1cccc(Cl)c1.NC(N)=NC(N)=NCc1cccc(Cl)c1. The molecular weight excluding hydrogens is 1900 g/mol. The van der Waals surface area contributed by atoms with Gasteiger partial charge in [0.05, 0.1) is 25.3 Å². The number of hydrogen-bond acceptors (Lipinski definition) is 9. The van der Waals surface area contributed by atoms with Gasteiger partial charge in [-0.2, -0.15) is 30.0 Å². The second-order valence-corrected chi connectivity index (χ2v) is 33.1. The van der Waals surface area contributed by atoms with Crippen LogP contribution in [0.2, 0.25) is 40.2 Å². The molecule has 0 saturated carbocycles. The summed E-state index contributed by atoms with van der Waals surface area (Å²) >= 11 is 46.8. The molecule has 0 aliphatic rings. The minimum absolute atomic E-state index is 0.0509. The van der Waals surface area contributed by atoms with Gasteiger partial charge in [-0.25, -0.2) is 30.0 Å². The maximum Gasteiger partial charge on any atom is 0.223 e. The third-order valence-corrected chi connectivity index (χ3v) is 17.4. The number of rotatable bonds is 21. The molecule has 0 aliphatic carbocycles. The van der Waals surface area contributed by atoms with Crippen LogP contribution in [0.3, 0.4) is 0 Å². The maximum absolute atomic E-state index is 5.90. The molecule has 8 rings (SSSR count). The van der Waals surface area contributed by atoms with Crippen LogP contribution in [0.1, 0.15) is 81.3 Å². The lowest BCUT2D eigenvalue weighted by Gasteiger charge is -2.09. The number of aliphatic imine (C=N–C) groups is 16. The van der Waals surface area contributed by atoms with Crippen molar-refractivity contribution in [1.29, 1.82) is 0 Å². The van der Waals surface area contributed by atoms with Crippen molar-refractivity contribution in [2.24, 2.45) is 189 Å². The van der Waals surface area contributed by atoms with Gasteiger partial charge >= 0.3 is 0 Å². The van der Waals surface area contributed by atoms with Crippen LogP contribution in [0.5, 0.6) is 0 Å². The fourth-order valence-corrected chi connectivity index (χ4v) is 11.1. The Morgan fingerprint density at radius 2 is 0.596 bits per heavy atom. The molecule has 0 atom stereocenters. The van der Waals surface area contributed by atoms with E-state index in [4.69, 9.17) is 196 Å². The number of nitrogens with zero attached hydrogens (tertiary/aromatic N) is 19. The third-order valence-electron chi connectivity index (χ3n) is 15.5. The highest BCUT2D eigenvalue weighted by atomic mass is 35.5. The Labute approximate surface area is 836 Å². The first-order chi connectivity index (χ1) is 64.0. The first kappa shape index (κ1) is 120. The van der Waals surface area contributed by atoms with Gasteiger partial charge in [-0.05, 0) is 195 Å². The number of amidine groups is 1. The van der Waals surface area contributed by atoms with Gasteiger partial charge in [0, 0.05) is 126 Å². The minimum Gasteiger partial charge on any atom is -0.387 e. The number of benzene rings is 8. The zero-order valence-corrected chi connectivity index (χ0v) is 84.2. The first-order valence-electron chi connectivity index (χ1n) is 41.3. The zero-order valence-electron chi connectivity index (χ0n) is 78.2. The lowest BCUT2D eigenvalue weighted by Crippen LogP contribution is -2.42. The molecule has 0 radical (unpaired) electrons. The summed E-state index contributed by atoms with van der Waals surface area (Å²) in [4.78, 5) is 68.6. The van der Waals surface area contributed by atoms with E-state index in [2.05, 4.69) is 104 Å². The quantitative estimate of drug-likeness (QED) is 0.0235. The molecule has 47 heteroatoms. The molecule has 0 amide bonds. The molecule has 0 fully saturated rings. The molecule has 736 valence electrons. The lowest BCUT2D eigenvalue weighted by molar-refractivity contribution is 0.615. The van der Waals surface area contributed by atoms with Gasteiger partial charge in [-0.1, -0.05) is 192 Å². The van der Waals surface area contributed by atoms with Gasteiger partial charge < -0.3 is 123 Å². The van der Waals surface area contributed by atoms with Crippen LogP contribution >= 0.6 is 92.8 Å². The van der Waals surface area contributed by atoms with Gasteiger partial charge in [0.2, 0.25) is 47.7 Å². The largest absolute Gasteiger partial charge is 0.387 e. The predicted molar refractivity (Wildman–Crippen MR) is 580 cm³/mol. The van der Waals surface area contributed by atoms with E-state index in [0.717, 1.165) is 74.8 Å². The van der Waals surface area contributed by atoms with Crippen molar-refractivity contribution >= 4 is 199 Å². The minimum atomic E-state index is -0.109. The third kappa shape index (κ3) is 64.1. The summed E-state index contributed by atoms with van der Waals surface area (Å²) in [6.07, 6.45) is 3.01. The van der Waals surface area contributed by atoms with Crippen molar-refractivity contribution in [2.75, 3.05) is 67.2 Å². The average Bonchev–Trinajstić information content (AvgIpc) is 0.883. The number of nitrogens with one attached hydrogen (secondary N) is 2. The maximum atomic E-state index is 5.90. The number of anilines is 1. The van der Waals surface area contributed by atoms with Gasteiger partial charge in [-0.15, -0.1) is 0 Å². The van der Waals surface area contributed by atoms with E-state index in [1.54, 1.807) is 112 Å². The zero-order chi connectivity index (χ0) is 102. The van der Waals surface area contributed by atoms with Crippen molar-refractivity contribution in [3.8, 4) is 0 Å². The lowest BCUT2D eigenvalue weighted by atomic mass is 10.1. The highest BCUT2D eigenvalue weighted by Gasteiger charge is 2.07. The summed E-state index contributed by atoms with van der Waals surface area (Å²) in [7, 11) is 10.7. The Morgan fingerprint density at radius 1 is 0.294 bits per heavy atom. The molecule has 0 aliphatic heterocycles. The monoisotopic (exact) mass is 2020 g/mol. The fraction of sp³-hybridized carbons (Fsp3) is 0.281. The van der Waals surface area contributed by atoms with E-state index in [0.29, 0.717) is 105 Å². The molecule has 0 bridgehead atoms. The smallest absolute Gasteiger partial charge is 0.223 e. The highest BCUT2D eigenvalue weighted by Crippen LogP contribution is 2.20. The molecule has 8 aromatic carbocycles. The molecule has 0 unspecified atom stereocenters. The normalized spacial score (nSPS) is 12.4. The number of hydrogen-bond donors (Lipinski definition) is 20. The predicted octanol–water partition coefficient (Wildman–Crippen LogP) is 10.0. The number of nitrogens with two attached hydrogens (primary N) is 18. The van der Waals surface area contributed by atoms with E-state index in [-0.39, 0.29) is 83.6 Å². The summed E-state index contributed by atoms with van der Waals surface area (Å²) in [5.74, 6) is 3.34. The van der Waals surface area contributed by atoms with Gasteiger partial charge in [0.25, 0.3) is 0 Å². The van der Waals surface area contributed by atoms with E-state index in [1.807, 2.05) is 167 Å². The van der Waals surface area contributed by atoms with Crippen molar-refractivity contribution in [1.82, 2.24) is 20.0 Å². The van der Waals surface area contributed by atoms with Gasteiger partial charge in [-0.3, -0.25) is 25.3 Å². The van der Waals surface area contributed by atoms with E-state index in [9.17, 15) is 0 Å². The molecule has 0 aromatic heterocycles. The summed E-state index contributed by atoms with van der Waals surface area (Å²) in [5, 5.41) is 11.0. The summed E-state index contributed by atoms with van der Waals surface area (Å²) in [6, 6.07) is 59.4. The Morgan fingerprint density at radius 3 is 0.934 bits per heavy atom. The topological polar surface area (TPSA) is 700 Å². The molecule has 8 aromatic rings. The molecule has 136 heavy (non-hydrogen) atoms. The summed E-state index contributed by atoms with van der Waals surface area (Å²) in [5.41, 5.74) is 107. The van der Waals surface area contributed by atoms with Crippen LogP contribution in [-0.2, 0) is 38.9 Å². The molecule has 0 spiro atoms. The van der Waals surface area contributed by atoms with Gasteiger partial charge in [0.15, 0.2) is 41.7 Å². The van der Waals surface area contributed by atoms with Crippen LogP contribution < -0.4 is 114 Å². The van der Waals surface area contributed by atoms with Crippen LogP contribution in [-0.4, -0.2) is 184 Å². The van der Waals surface area contributed by atoms with Crippen molar-refractivity contribution < 1.29 is 0 Å². The van der Waals surface area contributed by atoms with E-state index in [1.165, 1.54) is 0 Å². The Bertz CT molecular complexity index is 5470. The van der Waals surface area contributed by atoms with Crippen molar-refractivity contribution in [2.45, 2.75) is 98.9 Å². The van der Waals surface area contributed by atoms with E-state index < -0.39 is 0 Å². The van der Waals surface area contributed by atoms with Crippen molar-refractivity contribution in [3.63, 3.8) is 0 Å². The molecular formula is C89H129Cl8N39. The van der Waals surface area contributed by atoms with Gasteiger partial charge in [0.1, 0.15) is 5.84 Å². The van der Waals surface area contributed by atoms with Crippen LogP contribution in [0.4, 0.5) is 11.4 Å². The second kappa shape index (κ2) is 68.2. The second-order valence-electron chi connectivity index (χ2n) is 29.6. The molecule has 38 N–H and O–H groups in total. The van der Waals surface area contributed by atoms with Crippen LogP contribution in [0.25, 0.3) is 0 Å². The van der Waals surface area contributed by atoms with E-state index >= 15 is 0 Å². The Balaban J connectivity index is 0.000000778. The average molecular weight is 2030 g/mol. The highest BCUT2D eigenvalue weighted by molar-refractivity contribution is 6.33. The summed E-state index contributed by atoms with van der Waals surface area (Å²) in [6.45, 7) is 14.7. The molecule has 0 saturated heterocycles. The fourth-order valence-electron chi connectivity index (χ4n) is 9.45. The van der Waals surface area contributed by atoms with Crippen molar-refractivity contribution in [3.05, 3.63) is 268 Å². The number of halogens is 8. The Kier molecular flexibility index (Phi) is 60.3.